The van der Waals surface area contributed by atoms with Crippen LogP contribution in [0.25, 0.3) is 0 Å². The summed E-state index contributed by atoms with van der Waals surface area (Å²) in [6.07, 6.45) is 1.90. The second-order valence-electron chi connectivity index (χ2n) is 3.90. The van der Waals surface area contributed by atoms with Crippen molar-refractivity contribution in [3.05, 3.63) is 28.5 Å². The smallest absolute Gasteiger partial charge is 0.207 e. The molecule has 0 aliphatic carbocycles. The molecule has 0 amide bonds. The van der Waals surface area contributed by atoms with Crippen LogP contribution in [0.5, 0.6) is 0 Å². The first-order chi connectivity index (χ1) is 8.30. The molecule has 0 fully saturated rings. The van der Waals surface area contributed by atoms with Gasteiger partial charge >= 0.3 is 0 Å². The number of thioether (sulfide) groups is 1. The van der Waals surface area contributed by atoms with E-state index in [1.165, 1.54) is 23.5 Å². The van der Waals surface area contributed by atoms with E-state index in [9.17, 15) is 12.8 Å². The molecule has 0 spiro atoms. The minimum absolute atomic E-state index is 0.187. The van der Waals surface area contributed by atoms with E-state index in [1.54, 1.807) is 18.7 Å². The van der Waals surface area contributed by atoms with Crippen LogP contribution in [0.15, 0.2) is 27.6 Å². The second-order valence-corrected chi connectivity index (χ2v) is 7.69. The zero-order valence-electron chi connectivity index (χ0n) is 10.4. The maximum atomic E-state index is 13.7. The first-order valence-electron chi connectivity index (χ1n) is 5.22. The number of benzene rings is 1. The summed E-state index contributed by atoms with van der Waals surface area (Å²) >= 11 is 4.65. The summed E-state index contributed by atoms with van der Waals surface area (Å²) in [7, 11) is -2.31. The van der Waals surface area contributed by atoms with Crippen molar-refractivity contribution in [1.82, 2.24) is 4.31 Å². The SMILES string of the molecule is CSCC(C)N(C)S(=O)(=O)c1ccc(Br)cc1F. The van der Waals surface area contributed by atoms with E-state index in [0.717, 1.165) is 6.07 Å². The molecule has 0 saturated carbocycles. The predicted octanol–water partition coefficient (Wildman–Crippen LogP) is 2.96. The van der Waals surface area contributed by atoms with Gasteiger partial charge in [0.1, 0.15) is 10.7 Å². The van der Waals surface area contributed by atoms with E-state index < -0.39 is 15.8 Å². The minimum Gasteiger partial charge on any atom is -0.207 e. The number of nitrogens with zero attached hydrogens (tertiary/aromatic N) is 1. The van der Waals surface area contributed by atoms with Crippen LogP contribution in [0.3, 0.4) is 0 Å². The number of hydrogen-bond donors (Lipinski definition) is 0. The Labute approximate surface area is 120 Å². The standard InChI is InChI=1S/C11H15BrFNO2S2/c1-8(7-17-3)14(2)18(15,16)11-5-4-9(12)6-10(11)13/h4-6,8H,7H2,1-3H3. The fraction of sp³-hybridized carbons (Fsp3) is 0.455. The largest absolute Gasteiger partial charge is 0.246 e. The van der Waals surface area contributed by atoms with Crippen molar-refractivity contribution < 1.29 is 12.8 Å². The van der Waals surface area contributed by atoms with Gasteiger partial charge in [-0.2, -0.15) is 16.1 Å². The lowest BCUT2D eigenvalue weighted by Gasteiger charge is -2.23. The lowest BCUT2D eigenvalue weighted by atomic mass is 10.3. The number of hydrogen-bond acceptors (Lipinski definition) is 3. The van der Waals surface area contributed by atoms with E-state index in [0.29, 0.717) is 10.2 Å². The Balaban J connectivity index is 3.13. The lowest BCUT2D eigenvalue weighted by molar-refractivity contribution is 0.411. The van der Waals surface area contributed by atoms with Crippen LogP contribution in [0.1, 0.15) is 6.92 Å². The summed E-state index contributed by atoms with van der Waals surface area (Å²) in [5.74, 6) is -0.0824. The first kappa shape index (κ1) is 15.9. The highest BCUT2D eigenvalue weighted by molar-refractivity contribution is 9.10. The normalized spacial score (nSPS) is 13.9. The third kappa shape index (κ3) is 3.46. The Morgan fingerprint density at radius 3 is 2.61 bits per heavy atom. The summed E-state index contributed by atoms with van der Waals surface area (Å²) in [4.78, 5) is -0.291. The summed E-state index contributed by atoms with van der Waals surface area (Å²) < 4.78 is 39.9. The lowest BCUT2D eigenvalue weighted by Crippen LogP contribution is -2.37. The van der Waals surface area contributed by atoms with Crippen molar-refractivity contribution in [3.63, 3.8) is 0 Å². The quantitative estimate of drug-likeness (QED) is 0.814. The fourth-order valence-electron chi connectivity index (χ4n) is 1.42. The molecule has 7 heteroatoms. The molecule has 0 heterocycles. The van der Waals surface area contributed by atoms with Gasteiger partial charge in [-0.1, -0.05) is 15.9 Å². The Kier molecular flexibility index (Phi) is 5.64. The van der Waals surface area contributed by atoms with E-state index in [1.807, 2.05) is 6.26 Å². The average Bonchev–Trinajstić information content (AvgIpc) is 2.27. The van der Waals surface area contributed by atoms with Gasteiger partial charge in [-0.3, -0.25) is 0 Å². The van der Waals surface area contributed by atoms with Crippen LogP contribution in [-0.4, -0.2) is 37.8 Å². The number of halogens is 2. The summed E-state index contributed by atoms with van der Waals surface area (Å²) in [5, 5.41) is 0. The van der Waals surface area contributed by atoms with Crippen LogP contribution in [0.4, 0.5) is 4.39 Å². The van der Waals surface area contributed by atoms with Crippen LogP contribution >= 0.6 is 27.7 Å². The maximum absolute atomic E-state index is 13.7. The van der Waals surface area contributed by atoms with Gasteiger partial charge in [-0.05, 0) is 31.4 Å². The van der Waals surface area contributed by atoms with Gasteiger partial charge in [0.15, 0.2) is 0 Å². The first-order valence-corrected chi connectivity index (χ1v) is 8.85. The molecular weight excluding hydrogens is 341 g/mol. The summed E-state index contributed by atoms with van der Waals surface area (Å²) in [6.45, 7) is 1.80. The molecule has 18 heavy (non-hydrogen) atoms. The van der Waals surface area contributed by atoms with E-state index in [4.69, 9.17) is 0 Å². The molecule has 1 atom stereocenters. The minimum atomic E-state index is -3.78. The van der Waals surface area contributed by atoms with Crippen LogP contribution in [0.2, 0.25) is 0 Å². The molecule has 102 valence electrons. The summed E-state index contributed by atoms with van der Waals surface area (Å²) in [5.41, 5.74) is 0. The summed E-state index contributed by atoms with van der Waals surface area (Å²) in [6, 6.07) is 3.76. The third-order valence-electron chi connectivity index (χ3n) is 2.58. The molecule has 0 saturated heterocycles. The van der Waals surface area contributed by atoms with Crippen molar-refractivity contribution in [1.29, 1.82) is 0 Å². The molecule has 3 nitrogen and oxygen atoms in total. The Morgan fingerprint density at radius 2 is 2.11 bits per heavy atom. The predicted molar refractivity (Wildman–Crippen MR) is 76.9 cm³/mol. The molecule has 0 radical (unpaired) electrons. The Hall–Kier alpha value is -0.110. The average molecular weight is 356 g/mol. The molecule has 1 unspecified atom stereocenters. The zero-order valence-corrected chi connectivity index (χ0v) is 13.6. The highest BCUT2D eigenvalue weighted by Gasteiger charge is 2.27. The van der Waals surface area contributed by atoms with E-state index >= 15 is 0 Å². The Bertz CT molecular complexity index is 522. The molecule has 0 aliphatic heterocycles. The van der Waals surface area contributed by atoms with Crippen molar-refractivity contribution in [3.8, 4) is 0 Å². The molecule has 0 aromatic heterocycles. The van der Waals surface area contributed by atoms with Crippen molar-refractivity contribution in [2.45, 2.75) is 17.9 Å². The molecule has 0 bridgehead atoms. The van der Waals surface area contributed by atoms with E-state index in [2.05, 4.69) is 15.9 Å². The van der Waals surface area contributed by atoms with Gasteiger partial charge in [-0.15, -0.1) is 0 Å². The van der Waals surface area contributed by atoms with Gasteiger partial charge in [0.2, 0.25) is 10.0 Å². The monoisotopic (exact) mass is 355 g/mol. The van der Waals surface area contributed by atoms with Crippen molar-refractivity contribution >= 4 is 37.7 Å². The van der Waals surface area contributed by atoms with Gasteiger partial charge in [0.05, 0.1) is 0 Å². The number of rotatable bonds is 5. The van der Waals surface area contributed by atoms with Gasteiger partial charge in [0, 0.05) is 23.3 Å². The highest BCUT2D eigenvalue weighted by Crippen LogP contribution is 2.23. The van der Waals surface area contributed by atoms with Crippen LogP contribution in [-0.2, 0) is 10.0 Å². The molecule has 0 aliphatic rings. The molecule has 1 aromatic carbocycles. The second kappa shape index (κ2) is 6.36. The van der Waals surface area contributed by atoms with Gasteiger partial charge < -0.3 is 0 Å². The third-order valence-corrected chi connectivity index (χ3v) is 5.89. The number of sulfonamides is 1. The van der Waals surface area contributed by atoms with Gasteiger partial charge in [-0.25, -0.2) is 12.8 Å². The van der Waals surface area contributed by atoms with Crippen molar-refractivity contribution in [2.24, 2.45) is 0 Å². The fourth-order valence-corrected chi connectivity index (χ4v) is 3.96. The highest BCUT2D eigenvalue weighted by atomic mass is 79.9. The molecular formula is C11H15BrFNO2S2. The molecule has 1 rings (SSSR count). The van der Waals surface area contributed by atoms with E-state index in [-0.39, 0.29) is 10.9 Å². The van der Waals surface area contributed by atoms with Gasteiger partial charge in [0.25, 0.3) is 0 Å². The Morgan fingerprint density at radius 1 is 1.50 bits per heavy atom. The van der Waals surface area contributed by atoms with Crippen molar-refractivity contribution in [2.75, 3.05) is 19.1 Å². The molecule has 1 aromatic rings. The zero-order chi connectivity index (χ0) is 13.9. The van der Waals surface area contributed by atoms with Crippen LogP contribution < -0.4 is 0 Å². The maximum Gasteiger partial charge on any atom is 0.246 e. The van der Waals surface area contributed by atoms with Crippen LogP contribution in [0, 0.1) is 5.82 Å². The topological polar surface area (TPSA) is 37.4 Å². The molecule has 0 N–H and O–H groups in total.